The molecular formula is C11H13NO5S2. The van der Waals surface area contributed by atoms with Crippen molar-refractivity contribution in [2.24, 2.45) is 0 Å². The van der Waals surface area contributed by atoms with Crippen LogP contribution in [0.1, 0.15) is 28.9 Å². The molecule has 0 aliphatic carbocycles. The van der Waals surface area contributed by atoms with Crippen molar-refractivity contribution < 1.29 is 23.1 Å². The van der Waals surface area contributed by atoms with Crippen molar-refractivity contribution in [2.75, 3.05) is 0 Å². The summed E-state index contributed by atoms with van der Waals surface area (Å²) in [6.07, 6.45) is 2.68. The molecule has 0 spiro atoms. The highest BCUT2D eigenvalue weighted by Crippen LogP contribution is 2.35. The summed E-state index contributed by atoms with van der Waals surface area (Å²) in [7, 11) is -3.66. The predicted molar refractivity (Wildman–Crippen MR) is 67.9 cm³/mol. The molecule has 0 radical (unpaired) electrons. The van der Waals surface area contributed by atoms with E-state index in [0.717, 1.165) is 24.2 Å². The SMILES string of the molecule is O=C(O)c1cc(S(=O)(=O)NC2CC3CCC2O3)cs1. The monoisotopic (exact) mass is 303 g/mol. The Morgan fingerprint density at radius 1 is 1.47 bits per heavy atom. The first-order chi connectivity index (χ1) is 8.95. The number of sulfonamides is 1. The van der Waals surface area contributed by atoms with Crippen molar-refractivity contribution in [1.29, 1.82) is 0 Å². The normalized spacial score (nSPS) is 29.8. The number of ether oxygens (including phenoxy) is 1. The number of hydrogen-bond donors (Lipinski definition) is 2. The number of rotatable bonds is 4. The molecule has 2 N–H and O–H groups in total. The zero-order valence-corrected chi connectivity index (χ0v) is 11.5. The Bertz CT molecular complexity index is 608. The smallest absolute Gasteiger partial charge is 0.345 e. The molecule has 3 heterocycles. The zero-order valence-electron chi connectivity index (χ0n) is 9.90. The molecule has 3 rings (SSSR count). The van der Waals surface area contributed by atoms with Crippen molar-refractivity contribution in [3.63, 3.8) is 0 Å². The minimum absolute atomic E-state index is 0.0117. The van der Waals surface area contributed by atoms with Crippen LogP contribution in [0.3, 0.4) is 0 Å². The standard InChI is InChI=1S/C11H13NO5S2/c13-11(14)10-4-7(5-18-10)19(15,16)12-8-3-6-1-2-9(8)17-6/h4-6,8-9,12H,1-3H2,(H,13,14). The van der Waals surface area contributed by atoms with E-state index >= 15 is 0 Å². The van der Waals surface area contributed by atoms with Crippen LogP contribution in [-0.2, 0) is 14.8 Å². The van der Waals surface area contributed by atoms with E-state index < -0.39 is 16.0 Å². The highest BCUT2D eigenvalue weighted by atomic mass is 32.2. The zero-order chi connectivity index (χ0) is 13.6. The Morgan fingerprint density at radius 2 is 2.26 bits per heavy atom. The minimum atomic E-state index is -3.66. The molecule has 1 aromatic heterocycles. The van der Waals surface area contributed by atoms with Crippen LogP contribution in [0.25, 0.3) is 0 Å². The van der Waals surface area contributed by atoms with E-state index in [1.807, 2.05) is 0 Å². The van der Waals surface area contributed by atoms with Crippen LogP contribution in [0, 0.1) is 0 Å². The molecule has 2 saturated heterocycles. The fourth-order valence-electron chi connectivity index (χ4n) is 2.60. The third-order valence-electron chi connectivity index (χ3n) is 3.51. The van der Waals surface area contributed by atoms with Gasteiger partial charge in [-0.3, -0.25) is 0 Å². The number of carboxylic acids is 1. The van der Waals surface area contributed by atoms with Gasteiger partial charge in [0, 0.05) is 5.38 Å². The summed E-state index contributed by atoms with van der Waals surface area (Å²) >= 11 is 0.908. The van der Waals surface area contributed by atoms with Gasteiger partial charge in [0.1, 0.15) is 4.88 Å². The largest absolute Gasteiger partial charge is 0.477 e. The van der Waals surface area contributed by atoms with Crippen LogP contribution in [0.15, 0.2) is 16.3 Å². The first-order valence-electron chi connectivity index (χ1n) is 5.95. The van der Waals surface area contributed by atoms with Gasteiger partial charge in [0.25, 0.3) is 0 Å². The van der Waals surface area contributed by atoms with Gasteiger partial charge in [-0.2, -0.15) is 0 Å². The van der Waals surface area contributed by atoms with Crippen LogP contribution in [0.5, 0.6) is 0 Å². The first-order valence-corrected chi connectivity index (χ1v) is 8.31. The Hall–Kier alpha value is -0.960. The first kappa shape index (κ1) is 13.0. The molecule has 6 nitrogen and oxygen atoms in total. The van der Waals surface area contributed by atoms with E-state index in [0.29, 0.717) is 6.42 Å². The summed E-state index contributed by atoms with van der Waals surface area (Å²) < 4.78 is 32.5. The Balaban J connectivity index is 1.77. The molecule has 3 unspecified atom stereocenters. The maximum Gasteiger partial charge on any atom is 0.345 e. The number of aromatic carboxylic acids is 1. The molecule has 2 aliphatic rings. The number of thiophene rings is 1. The highest BCUT2D eigenvalue weighted by molar-refractivity contribution is 7.89. The molecule has 104 valence electrons. The summed E-state index contributed by atoms with van der Waals surface area (Å²) in [5.41, 5.74) is 0. The lowest BCUT2D eigenvalue weighted by Crippen LogP contribution is -2.41. The summed E-state index contributed by atoms with van der Waals surface area (Å²) in [4.78, 5) is 10.8. The second-order valence-corrected chi connectivity index (χ2v) is 7.41. The molecule has 2 aliphatic heterocycles. The van der Waals surface area contributed by atoms with Gasteiger partial charge in [-0.15, -0.1) is 11.3 Å². The van der Waals surface area contributed by atoms with E-state index in [9.17, 15) is 13.2 Å². The quantitative estimate of drug-likeness (QED) is 0.867. The topological polar surface area (TPSA) is 92.7 Å². The molecule has 0 amide bonds. The molecule has 0 saturated carbocycles. The summed E-state index contributed by atoms with van der Waals surface area (Å²) in [6, 6.07) is 0.987. The third kappa shape index (κ3) is 2.40. The highest BCUT2D eigenvalue weighted by Gasteiger charge is 2.42. The second kappa shape index (κ2) is 4.55. The fraction of sp³-hybridized carbons (Fsp3) is 0.545. The van der Waals surface area contributed by atoms with E-state index in [1.165, 1.54) is 11.4 Å². The third-order valence-corrected chi connectivity index (χ3v) is 6.05. The molecule has 8 heteroatoms. The van der Waals surface area contributed by atoms with Crippen molar-refractivity contribution >= 4 is 27.3 Å². The second-order valence-electron chi connectivity index (χ2n) is 4.79. The van der Waals surface area contributed by atoms with Crippen molar-refractivity contribution in [3.05, 3.63) is 16.3 Å². The van der Waals surface area contributed by atoms with Gasteiger partial charge in [-0.25, -0.2) is 17.9 Å². The van der Waals surface area contributed by atoms with Gasteiger partial charge < -0.3 is 9.84 Å². The summed E-state index contributed by atoms with van der Waals surface area (Å²) in [5, 5.41) is 10.2. The molecule has 19 heavy (non-hydrogen) atoms. The fourth-order valence-corrected chi connectivity index (χ4v) is 4.99. The van der Waals surface area contributed by atoms with Crippen LogP contribution < -0.4 is 4.72 Å². The molecule has 2 bridgehead atoms. The van der Waals surface area contributed by atoms with Crippen molar-refractivity contribution in [1.82, 2.24) is 4.72 Å². The maximum atomic E-state index is 12.1. The number of nitrogens with one attached hydrogen (secondary N) is 1. The van der Waals surface area contributed by atoms with E-state index in [2.05, 4.69) is 4.72 Å². The van der Waals surface area contributed by atoms with Gasteiger partial charge in [0.05, 0.1) is 23.1 Å². The molecule has 1 aromatic rings. The van der Waals surface area contributed by atoms with E-state index in [-0.39, 0.29) is 28.0 Å². The lowest BCUT2D eigenvalue weighted by atomic mass is 9.96. The molecule has 2 fully saturated rings. The number of hydrogen-bond acceptors (Lipinski definition) is 5. The van der Waals surface area contributed by atoms with Gasteiger partial charge in [0.15, 0.2) is 0 Å². The molecule has 0 aromatic carbocycles. The summed E-state index contributed by atoms with van der Waals surface area (Å²) in [6.45, 7) is 0. The van der Waals surface area contributed by atoms with Crippen LogP contribution in [-0.4, -0.2) is 37.7 Å². The van der Waals surface area contributed by atoms with Crippen LogP contribution in [0.4, 0.5) is 0 Å². The number of fused-ring (bicyclic) bond motifs is 2. The average molecular weight is 303 g/mol. The maximum absolute atomic E-state index is 12.1. The number of carboxylic acid groups (broad SMARTS) is 1. The summed E-state index contributed by atoms with van der Waals surface area (Å²) in [5.74, 6) is -1.12. The Morgan fingerprint density at radius 3 is 2.79 bits per heavy atom. The lowest BCUT2D eigenvalue weighted by molar-refractivity contribution is 0.0702. The van der Waals surface area contributed by atoms with E-state index in [4.69, 9.17) is 9.84 Å². The van der Waals surface area contributed by atoms with E-state index in [1.54, 1.807) is 0 Å². The van der Waals surface area contributed by atoms with Gasteiger partial charge in [-0.1, -0.05) is 0 Å². The van der Waals surface area contributed by atoms with Crippen molar-refractivity contribution in [3.8, 4) is 0 Å². The number of carbonyl (C=O) groups is 1. The molecular weight excluding hydrogens is 290 g/mol. The predicted octanol–water partition coefficient (Wildman–Crippen LogP) is 1.04. The molecule has 3 atom stereocenters. The lowest BCUT2D eigenvalue weighted by Gasteiger charge is -2.19. The van der Waals surface area contributed by atoms with Gasteiger partial charge >= 0.3 is 5.97 Å². The minimum Gasteiger partial charge on any atom is -0.477 e. The van der Waals surface area contributed by atoms with Gasteiger partial charge in [-0.05, 0) is 25.3 Å². The van der Waals surface area contributed by atoms with Crippen LogP contribution in [0.2, 0.25) is 0 Å². The Labute approximate surface area is 114 Å². The van der Waals surface area contributed by atoms with Crippen LogP contribution >= 0.6 is 11.3 Å². The average Bonchev–Trinajstić information content (AvgIpc) is 3.04. The van der Waals surface area contributed by atoms with Crippen molar-refractivity contribution in [2.45, 2.75) is 42.4 Å². The van der Waals surface area contributed by atoms with Gasteiger partial charge in [0.2, 0.25) is 10.0 Å². The Kier molecular flexibility index (Phi) is 3.12.